The molecular weight excluding hydrogens is 631 g/mol. The van der Waals surface area contributed by atoms with Crippen LogP contribution in [0.15, 0.2) is 180 Å². The first-order valence-electron chi connectivity index (χ1n) is 18.1. The lowest BCUT2D eigenvalue weighted by atomic mass is 9.70. The number of hydrogen-bond donors (Lipinski definition) is 1. The normalized spacial score (nSPS) is 13.8. The fourth-order valence-corrected chi connectivity index (χ4v) is 8.38. The number of benzene rings is 7. The van der Waals surface area contributed by atoms with Crippen LogP contribution >= 0.6 is 0 Å². The van der Waals surface area contributed by atoms with Crippen molar-refractivity contribution < 1.29 is 0 Å². The van der Waals surface area contributed by atoms with Crippen molar-refractivity contribution in [2.45, 2.75) is 25.3 Å². The van der Waals surface area contributed by atoms with E-state index in [0.717, 1.165) is 39.2 Å². The quantitative estimate of drug-likeness (QED) is 0.144. The Hall–Kier alpha value is -6.32. The van der Waals surface area contributed by atoms with Gasteiger partial charge in [-0.1, -0.05) is 146 Å². The minimum atomic E-state index is -0.428. The summed E-state index contributed by atoms with van der Waals surface area (Å²) in [6.07, 6.45) is 0. The van der Waals surface area contributed by atoms with Crippen molar-refractivity contribution in [3.63, 3.8) is 0 Å². The summed E-state index contributed by atoms with van der Waals surface area (Å²) in [4.78, 5) is 10.6. The standard InChI is InChI=1S/C49H39N3/c1-32(2)51-48(52-47(50-3)38-29-36(33-16-6-4-7-17-33)28-37(30-38)34-18-8-5-9-19-34)35-26-27-42-41-22-12-15-25-45(41)49(46(42)31-35)43-23-13-10-20-39(43)40-21-11-14-24-44(40)49/h4-32H,1-3H3,(H,50,51,52). The average molecular weight is 670 g/mol. The SMILES string of the molecule is CN/C(=N\C(=N/C(C)C)c1ccc2c(c1)C1(c3ccccc3-c3ccccc31)c1ccccc1-2)c1cc(-c2ccccc2)cc(-c2ccccc2)c1. The van der Waals surface area contributed by atoms with Crippen LogP contribution in [0.3, 0.4) is 0 Å². The lowest BCUT2D eigenvalue weighted by Gasteiger charge is -2.30. The van der Waals surface area contributed by atoms with Crippen LogP contribution in [0.25, 0.3) is 44.5 Å². The van der Waals surface area contributed by atoms with Crippen molar-refractivity contribution in [2.75, 3.05) is 7.05 Å². The molecule has 1 spiro atoms. The van der Waals surface area contributed by atoms with Gasteiger partial charge < -0.3 is 5.32 Å². The molecule has 0 atom stereocenters. The van der Waals surface area contributed by atoms with E-state index in [1.54, 1.807) is 0 Å². The fourth-order valence-electron chi connectivity index (χ4n) is 8.38. The van der Waals surface area contributed by atoms with Crippen molar-refractivity contribution >= 4 is 11.7 Å². The van der Waals surface area contributed by atoms with Gasteiger partial charge in [0, 0.05) is 24.2 Å². The third-order valence-corrected chi connectivity index (χ3v) is 10.5. The Morgan fingerprint density at radius 3 is 1.40 bits per heavy atom. The Kier molecular flexibility index (Phi) is 7.78. The van der Waals surface area contributed by atoms with Crippen LogP contribution in [0.5, 0.6) is 0 Å². The zero-order valence-corrected chi connectivity index (χ0v) is 29.6. The summed E-state index contributed by atoms with van der Waals surface area (Å²) in [7, 11) is 1.95. The van der Waals surface area contributed by atoms with Crippen LogP contribution < -0.4 is 5.32 Å². The second-order valence-corrected chi connectivity index (χ2v) is 13.9. The van der Waals surface area contributed by atoms with Gasteiger partial charge in [0.05, 0.1) is 5.41 Å². The van der Waals surface area contributed by atoms with Crippen LogP contribution in [-0.2, 0) is 5.41 Å². The first-order chi connectivity index (χ1) is 25.6. The first kappa shape index (κ1) is 31.6. The molecule has 0 heterocycles. The van der Waals surface area contributed by atoms with Crippen molar-refractivity contribution in [3.05, 3.63) is 203 Å². The topological polar surface area (TPSA) is 36.8 Å². The minimum absolute atomic E-state index is 0.0414. The van der Waals surface area contributed by atoms with Crippen molar-refractivity contribution in [1.82, 2.24) is 5.32 Å². The van der Waals surface area contributed by atoms with Crippen LogP contribution in [0.4, 0.5) is 0 Å². The molecule has 0 unspecified atom stereocenters. The zero-order chi connectivity index (χ0) is 35.2. The van der Waals surface area contributed by atoms with Gasteiger partial charge in [-0.25, -0.2) is 4.99 Å². The molecule has 7 aromatic rings. The molecule has 0 saturated heterocycles. The fraction of sp³-hybridized carbons (Fsp3) is 0.102. The monoisotopic (exact) mass is 669 g/mol. The van der Waals surface area contributed by atoms with E-state index in [-0.39, 0.29) is 6.04 Å². The highest BCUT2D eigenvalue weighted by atomic mass is 15.0. The molecule has 3 nitrogen and oxygen atoms in total. The van der Waals surface area contributed by atoms with Crippen molar-refractivity contribution in [2.24, 2.45) is 9.98 Å². The van der Waals surface area contributed by atoms with E-state index in [1.165, 1.54) is 44.5 Å². The van der Waals surface area contributed by atoms with E-state index >= 15 is 0 Å². The maximum atomic E-state index is 5.38. The number of fused-ring (bicyclic) bond motifs is 10. The lowest BCUT2D eigenvalue weighted by molar-refractivity contribution is 0.793. The molecule has 9 rings (SSSR count). The molecule has 0 amide bonds. The van der Waals surface area contributed by atoms with Crippen LogP contribution in [0.1, 0.15) is 47.2 Å². The van der Waals surface area contributed by atoms with E-state index in [1.807, 2.05) is 7.05 Å². The van der Waals surface area contributed by atoms with Crippen LogP contribution in [0, 0.1) is 0 Å². The zero-order valence-electron chi connectivity index (χ0n) is 29.6. The molecule has 0 aromatic heterocycles. The molecular formula is C49H39N3. The number of amidine groups is 2. The summed E-state index contributed by atoms with van der Waals surface area (Å²) >= 11 is 0. The molecule has 0 radical (unpaired) electrons. The van der Waals surface area contributed by atoms with Crippen molar-refractivity contribution in [1.29, 1.82) is 0 Å². The Labute approximate surface area is 306 Å². The molecule has 7 aromatic carbocycles. The molecule has 0 fully saturated rings. The Morgan fingerprint density at radius 2 is 0.923 bits per heavy atom. The van der Waals surface area contributed by atoms with Gasteiger partial charge in [0.15, 0.2) is 5.84 Å². The molecule has 52 heavy (non-hydrogen) atoms. The molecule has 0 saturated carbocycles. The van der Waals surface area contributed by atoms with E-state index in [0.29, 0.717) is 5.84 Å². The highest BCUT2D eigenvalue weighted by Gasteiger charge is 2.51. The highest BCUT2D eigenvalue weighted by molar-refractivity contribution is 6.13. The summed E-state index contributed by atoms with van der Waals surface area (Å²) in [6, 6.07) is 61.5. The van der Waals surface area contributed by atoms with Gasteiger partial charge >= 0.3 is 0 Å². The van der Waals surface area contributed by atoms with Gasteiger partial charge in [0.1, 0.15) is 5.84 Å². The van der Waals surface area contributed by atoms with E-state index in [2.05, 4.69) is 189 Å². The number of nitrogens with zero attached hydrogens (tertiary/aromatic N) is 2. The smallest absolute Gasteiger partial charge is 0.157 e. The number of rotatable bonds is 5. The second-order valence-electron chi connectivity index (χ2n) is 13.9. The summed E-state index contributed by atoms with van der Waals surface area (Å²) < 4.78 is 0. The van der Waals surface area contributed by atoms with Crippen LogP contribution in [-0.4, -0.2) is 24.8 Å². The molecule has 250 valence electrons. The third kappa shape index (κ3) is 5.04. The van der Waals surface area contributed by atoms with Crippen LogP contribution in [0.2, 0.25) is 0 Å². The second kappa shape index (κ2) is 12.8. The molecule has 3 heteroatoms. The molecule has 0 aliphatic heterocycles. The maximum Gasteiger partial charge on any atom is 0.157 e. The Balaban J connectivity index is 1.24. The van der Waals surface area contributed by atoms with Gasteiger partial charge in [-0.2, -0.15) is 0 Å². The van der Waals surface area contributed by atoms with Gasteiger partial charge in [0.2, 0.25) is 0 Å². The minimum Gasteiger partial charge on any atom is -0.373 e. The van der Waals surface area contributed by atoms with Gasteiger partial charge in [-0.05, 0) is 105 Å². The van der Waals surface area contributed by atoms with Gasteiger partial charge in [-0.15, -0.1) is 0 Å². The summed E-state index contributed by atoms with van der Waals surface area (Å²) in [5.41, 5.74) is 16.6. The molecule has 1 N–H and O–H groups in total. The molecule has 2 aliphatic carbocycles. The maximum absolute atomic E-state index is 5.38. The van der Waals surface area contributed by atoms with E-state index in [9.17, 15) is 0 Å². The van der Waals surface area contributed by atoms with E-state index in [4.69, 9.17) is 9.98 Å². The number of hydrogen-bond acceptors (Lipinski definition) is 1. The van der Waals surface area contributed by atoms with E-state index < -0.39 is 5.41 Å². The summed E-state index contributed by atoms with van der Waals surface area (Å²) in [5.74, 6) is 1.48. The lowest BCUT2D eigenvalue weighted by Crippen LogP contribution is -2.26. The predicted molar refractivity (Wildman–Crippen MR) is 217 cm³/mol. The average Bonchev–Trinajstić information content (AvgIpc) is 3.67. The molecule has 0 bridgehead atoms. The number of nitrogens with one attached hydrogen (secondary N) is 1. The van der Waals surface area contributed by atoms with Gasteiger partial charge in [0.25, 0.3) is 0 Å². The van der Waals surface area contributed by atoms with Crippen molar-refractivity contribution in [3.8, 4) is 44.5 Å². The Bertz CT molecular complexity index is 2400. The third-order valence-electron chi connectivity index (χ3n) is 10.5. The predicted octanol–water partition coefficient (Wildman–Crippen LogP) is 11.2. The first-order valence-corrected chi connectivity index (χ1v) is 18.1. The summed E-state index contributed by atoms with van der Waals surface area (Å²) in [5, 5.41) is 3.46. The number of aliphatic imine (C=N–C) groups is 2. The molecule has 2 aliphatic rings. The van der Waals surface area contributed by atoms with Gasteiger partial charge in [-0.3, -0.25) is 4.99 Å². The largest absolute Gasteiger partial charge is 0.373 e. The Morgan fingerprint density at radius 1 is 0.462 bits per heavy atom. The highest BCUT2D eigenvalue weighted by Crippen LogP contribution is 2.62. The summed E-state index contributed by atoms with van der Waals surface area (Å²) in [6.45, 7) is 4.23.